The van der Waals surface area contributed by atoms with Crippen molar-refractivity contribution in [2.45, 2.75) is 45.2 Å². The molecule has 0 saturated heterocycles. The maximum absolute atomic E-state index is 5.78. The lowest BCUT2D eigenvalue weighted by atomic mass is 9.96. The molecule has 112 valence electrons. The van der Waals surface area contributed by atoms with Gasteiger partial charge in [-0.3, -0.25) is 0 Å². The first-order valence-corrected chi connectivity index (χ1v) is 7.29. The van der Waals surface area contributed by atoms with Gasteiger partial charge in [-0.15, -0.1) is 0 Å². The van der Waals surface area contributed by atoms with Gasteiger partial charge in [0.2, 0.25) is 5.89 Å². The molecule has 0 fully saturated rings. The van der Waals surface area contributed by atoms with Gasteiger partial charge in [-0.05, 0) is 38.8 Å². The topological polar surface area (TPSA) is 60.2 Å². The van der Waals surface area contributed by atoms with Gasteiger partial charge in [-0.2, -0.15) is 4.98 Å². The molecular weight excluding hydrogens is 266 g/mol. The summed E-state index contributed by atoms with van der Waals surface area (Å²) in [4.78, 5) is 4.49. The van der Waals surface area contributed by atoms with Crippen LogP contribution in [-0.2, 0) is 13.0 Å². The van der Waals surface area contributed by atoms with Crippen LogP contribution < -0.4 is 10.1 Å². The van der Waals surface area contributed by atoms with Crippen LogP contribution in [-0.4, -0.2) is 22.3 Å². The average Bonchev–Trinajstić information content (AvgIpc) is 2.93. The molecule has 1 unspecified atom stereocenters. The monoisotopic (exact) mass is 287 g/mol. The van der Waals surface area contributed by atoms with Crippen LogP contribution in [0.4, 0.5) is 0 Å². The highest BCUT2D eigenvalue weighted by Gasteiger charge is 2.25. The Morgan fingerprint density at radius 2 is 2.10 bits per heavy atom. The van der Waals surface area contributed by atoms with E-state index in [1.165, 1.54) is 5.56 Å². The standard InChI is InChI=1S/C16H21N3O2/c1-16(2,3)17-9-14-18-15(19-21-14)12-8-11-6-4-5-7-13(11)20-10-12/h4-7,12,17H,8-10H2,1-3H3. The van der Waals surface area contributed by atoms with E-state index in [0.29, 0.717) is 19.0 Å². The molecule has 0 amide bonds. The van der Waals surface area contributed by atoms with Crippen molar-refractivity contribution in [3.8, 4) is 5.75 Å². The number of hydrogen-bond acceptors (Lipinski definition) is 5. The van der Waals surface area contributed by atoms with Crippen molar-refractivity contribution in [2.24, 2.45) is 0 Å². The summed E-state index contributed by atoms with van der Waals surface area (Å²) in [5.41, 5.74) is 1.23. The van der Waals surface area contributed by atoms with E-state index < -0.39 is 0 Å². The van der Waals surface area contributed by atoms with Crippen LogP contribution >= 0.6 is 0 Å². The van der Waals surface area contributed by atoms with E-state index in [4.69, 9.17) is 9.26 Å². The van der Waals surface area contributed by atoms with Crippen LogP contribution in [0, 0.1) is 0 Å². The van der Waals surface area contributed by atoms with Crippen LogP contribution in [0.15, 0.2) is 28.8 Å². The average molecular weight is 287 g/mol. The molecule has 0 spiro atoms. The smallest absolute Gasteiger partial charge is 0.240 e. The molecule has 1 aliphatic rings. The van der Waals surface area contributed by atoms with Crippen LogP contribution in [0.5, 0.6) is 5.75 Å². The predicted molar refractivity (Wildman–Crippen MR) is 79.3 cm³/mol. The summed E-state index contributed by atoms with van der Waals surface area (Å²) in [6.45, 7) is 7.51. The molecule has 0 saturated carbocycles. The fourth-order valence-corrected chi connectivity index (χ4v) is 2.34. The second-order valence-electron chi connectivity index (χ2n) is 6.47. The van der Waals surface area contributed by atoms with Crippen LogP contribution in [0.1, 0.15) is 44.0 Å². The SMILES string of the molecule is CC(C)(C)NCc1nc(C2COc3ccccc3C2)no1. The molecule has 1 atom stereocenters. The van der Waals surface area contributed by atoms with Gasteiger partial charge in [-0.25, -0.2) is 0 Å². The first-order valence-electron chi connectivity index (χ1n) is 7.29. The number of ether oxygens (including phenoxy) is 1. The molecule has 3 rings (SSSR count). The summed E-state index contributed by atoms with van der Waals surface area (Å²) in [6, 6.07) is 8.10. The minimum absolute atomic E-state index is 0.0293. The molecule has 0 radical (unpaired) electrons. The Morgan fingerprint density at radius 1 is 1.29 bits per heavy atom. The molecule has 0 bridgehead atoms. The van der Waals surface area contributed by atoms with E-state index >= 15 is 0 Å². The normalized spacial score (nSPS) is 18.1. The van der Waals surface area contributed by atoms with Crippen molar-refractivity contribution in [2.75, 3.05) is 6.61 Å². The van der Waals surface area contributed by atoms with Crippen molar-refractivity contribution in [3.63, 3.8) is 0 Å². The minimum atomic E-state index is 0.0293. The van der Waals surface area contributed by atoms with E-state index in [1.807, 2.05) is 18.2 Å². The molecular formula is C16H21N3O2. The highest BCUT2D eigenvalue weighted by atomic mass is 16.5. The van der Waals surface area contributed by atoms with Crippen molar-refractivity contribution in [1.82, 2.24) is 15.5 Å². The Balaban J connectivity index is 1.67. The fourth-order valence-electron chi connectivity index (χ4n) is 2.34. The van der Waals surface area contributed by atoms with Crippen molar-refractivity contribution < 1.29 is 9.26 Å². The van der Waals surface area contributed by atoms with Crippen LogP contribution in [0.25, 0.3) is 0 Å². The molecule has 5 heteroatoms. The highest BCUT2D eigenvalue weighted by molar-refractivity contribution is 5.36. The summed E-state index contributed by atoms with van der Waals surface area (Å²) in [7, 11) is 0. The third-order valence-corrected chi connectivity index (χ3v) is 3.50. The molecule has 1 aromatic carbocycles. The van der Waals surface area contributed by atoms with E-state index in [-0.39, 0.29) is 11.5 Å². The van der Waals surface area contributed by atoms with E-state index in [1.54, 1.807) is 0 Å². The van der Waals surface area contributed by atoms with Gasteiger partial charge in [-0.1, -0.05) is 23.4 Å². The highest BCUT2D eigenvalue weighted by Crippen LogP contribution is 2.30. The van der Waals surface area contributed by atoms with Gasteiger partial charge in [0, 0.05) is 5.54 Å². The second-order valence-corrected chi connectivity index (χ2v) is 6.47. The first kappa shape index (κ1) is 14.1. The van der Waals surface area contributed by atoms with Crippen molar-refractivity contribution in [1.29, 1.82) is 0 Å². The molecule has 1 aliphatic heterocycles. The Labute approximate surface area is 124 Å². The Morgan fingerprint density at radius 3 is 2.90 bits per heavy atom. The first-order chi connectivity index (χ1) is 10.0. The second kappa shape index (κ2) is 5.48. The Kier molecular flexibility index (Phi) is 3.68. The molecule has 5 nitrogen and oxygen atoms in total. The summed E-state index contributed by atoms with van der Waals surface area (Å²) < 4.78 is 11.1. The zero-order valence-corrected chi connectivity index (χ0v) is 12.7. The summed E-state index contributed by atoms with van der Waals surface area (Å²) in [5.74, 6) is 2.48. The lowest BCUT2D eigenvalue weighted by molar-refractivity contribution is 0.253. The molecule has 1 aromatic heterocycles. The summed E-state index contributed by atoms with van der Waals surface area (Å²) >= 11 is 0. The molecule has 2 aromatic rings. The van der Waals surface area contributed by atoms with Gasteiger partial charge in [0.15, 0.2) is 5.82 Å². The van der Waals surface area contributed by atoms with Crippen LogP contribution in [0.3, 0.4) is 0 Å². The Hall–Kier alpha value is -1.88. The molecule has 1 N–H and O–H groups in total. The summed E-state index contributed by atoms with van der Waals surface area (Å²) in [5, 5.41) is 7.45. The zero-order valence-electron chi connectivity index (χ0n) is 12.7. The minimum Gasteiger partial charge on any atom is -0.493 e. The largest absolute Gasteiger partial charge is 0.493 e. The van der Waals surface area contributed by atoms with Crippen molar-refractivity contribution >= 4 is 0 Å². The third kappa shape index (κ3) is 3.42. The van der Waals surface area contributed by atoms with E-state index in [0.717, 1.165) is 18.0 Å². The molecule has 21 heavy (non-hydrogen) atoms. The summed E-state index contributed by atoms with van der Waals surface area (Å²) in [6.07, 6.45) is 0.891. The number of nitrogens with one attached hydrogen (secondary N) is 1. The fraction of sp³-hybridized carbons (Fsp3) is 0.500. The predicted octanol–water partition coefficient (Wildman–Crippen LogP) is 2.68. The number of para-hydroxylation sites is 1. The number of hydrogen-bond donors (Lipinski definition) is 1. The lowest BCUT2D eigenvalue weighted by Crippen LogP contribution is -2.35. The Bertz CT molecular complexity index is 616. The van der Waals surface area contributed by atoms with Gasteiger partial charge in [0.05, 0.1) is 19.1 Å². The quantitative estimate of drug-likeness (QED) is 0.940. The molecule has 2 heterocycles. The third-order valence-electron chi connectivity index (χ3n) is 3.50. The zero-order chi connectivity index (χ0) is 14.9. The molecule has 0 aliphatic carbocycles. The van der Waals surface area contributed by atoms with Gasteiger partial charge in [0.25, 0.3) is 0 Å². The maximum atomic E-state index is 5.78. The maximum Gasteiger partial charge on any atom is 0.240 e. The number of fused-ring (bicyclic) bond motifs is 1. The van der Waals surface area contributed by atoms with Crippen molar-refractivity contribution in [3.05, 3.63) is 41.5 Å². The van der Waals surface area contributed by atoms with Crippen LogP contribution in [0.2, 0.25) is 0 Å². The van der Waals surface area contributed by atoms with E-state index in [9.17, 15) is 0 Å². The number of aromatic nitrogens is 2. The van der Waals surface area contributed by atoms with Gasteiger partial charge in [0.1, 0.15) is 5.75 Å². The number of benzene rings is 1. The number of rotatable bonds is 3. The number of nitrogens with zero attached hydrogens (tertiary/aromatic N) is 2. The lowest BCUT2D eigenvalue weighted by Gasteiger charge is -2.22. The van der Waals surface area contributed by atoms with Gasteiger partial charge < -0.3 is 14.6 Å². The van der Waals surface area contributed by atoms with E-state index in [2.05, 4.69) is 42.3 Å². The van der Waals surface area contributed by atoms with Gasteiger partial charge >= 0.3 is 0 Å².